The van der Waals surface area contributed by atoms with Gasteiger partial charge >= 0.3 is 12.0 Å². The van der Waals surface area contributed by atoms with E-state index in [0.29, 0.717) is 18.8 Å². The molecule has 0 radical (unpaired) electrons. The van der Waals surface area contributed by atoms with Crippen molar-refractivity contribution in [3.05, 3.63) is 106 Å². The average Bonchev–Trinajstić information content (AvgIpc) is 3.52. The number of fused-ring (bicyclic) bond motifs is 5. The maximum atomic E-state index is 14.4. The number of urea groups is 1. The van der Waals surface area contributed by atoms with Crippen LogP contribution in [0.4, 0.5) is 14.9 Å². The van der Waals surface area contributed by atoms with E-state index in [1.54, 1.807) is 25.1 Å². The van der Waals surface area contributed by atoms with Gasteiger partial charge in [0, 0.05) is 22.3 Å². The normalized spacial score (nSPS) is 16.1. The Balaban J connectivity index is 1.37. The number of rotatable bonds is 5. The summed E-state index contributed by atoms with van der Waals surface area (Å²) in [5, 5.41) is 4.21. The molecule has 1 N–H and O–H groups in total. The first-order valence-electron chi connectivity index (χ1n) is 13.4. The van der Waals surface area contributed by atoms with Crippen molar-refractivity contribution in [1.29, 1.82) is 0 Å². The lowest BCUT2D eigenvalue weighted by molar-refractivity contribution is -0.142. The summed E-state index contributed by atoms with van der Waals surface area (Å²) in [5.74, 6) is -0.616. The maximum Gasteiger partial charge on any atom is 0.322 e. The molecule has 1 aliphatic heterocycles. The van der Waals surface area contributed by atoms with Gasteiger partial charge in [0.25, 0.3) is 0 Å². The number of benzene rings is 2. The number of aromatic nitrogens is 1. The van der Waals surface area contributed by atoms with E-state index in [9.17, 15) is 14.0 Å². The molecule has 3 heterocycles. The number of nitrogens with zero attached hydrogens (tertiary/aromatic N) is 2. The molecule has 0 saturated carbocycles. The van der Waals surface area contributed by atoms with Crippen molar-refractivity contribution < 1.29 is 18.7 Å². The smallest absolute Gasteiger partial charge is 0.322 e. The largest absolute Gasteiger partial charge is 0.466 e. The van der Waals surface area contributed by atoms with Gasteiger partial charge in [0.1, 0.15) is 10.8 Å². The topological polar surface area (TPSA) is 63.6 Å². The first-order chi connectivity index (χ1) is 19.0. The minimum atomic E-state index is -0.474. The third kappa shape index (κ3) is 4.96. The Morgan fingerprint density at radius 1 is 1.05 bits per heavy atom. The molecule has 2 amide bonds. The fourth-order valence-electron chi connectivity index (χ4n) is 5.69. The Labute approximate surface area is 231 Å². The molecule has 4 aromatic rings. The minimum Gasteiger partial charge on any atom is -0.466 e. The van der Waals surface area contributed by atoms with Gasteiger partial charge in [-0.2, -0.15) is 0 Å². The second-order valence-electron chi connectivity index (χ2n) is 9.99. The van der Waals surface area contributed by atoms with Gasteiger partial charge in [-0.1, -0.05) is 24.3 Å². The zero-order valence-corrected chi connectivity index (χ0v) is 22.6. The van der Waals surface area contributed by atoms with Crippen LogP contribution in [-0.4, -0.2) is 28.1 Å². The van der Waals surface area contributed by atoms with Crippen LogP contribution in [0.5, 0.6) is 0 Å². The second-order valence-corrected chi connectivity index (χ2v) is 11.1. The molecule has 2 aromatic heterocycles. The lowest BCUT2D eigenvalue weighted by atomic mass is 9.95. The summed E-state index contributed by atoms with van der Waals surface area (Å²) in [6, 6.07) is 17.0. The highest BCUT2D eigenvalue weighted by molar-refractivity contribution is 7.15. The number of thiophene rings is 1. The molecule has 6 nitrogen and oxygen atoms in total. The minimum absolute atomic E-state index is 0.179. The van der Waals surface area contributed by atoms with Crippen molar-refractivity contribution in [1.82, 2.24) is 9.47 Å². The molecule has 2 aliphatic rings. The van der Waals surface area contributed by atoms with Gasteiger partial charge in [-0.15, -0.1) is 11.3 Å². The Morgan fingerprint density at radius 3 is 2.67 bits per heavy atom. The summed E-state index contributed by atoms with van der Waals surface area (Å²) in [5.41, 5.74) is 5.63. The molecule has 1 aliphatic carbocycles. The van der Waals surface area contributed by atoms with Crippen LogP contribution in [0, 0.1) is 5.82 Å². The number of halogens is 1. The molecule has 8 heteroatoms. The number of esters is 1. The van der Waals surface area contributed by atoms with Crippen LogP contribution < -0.4 is 5.32 Å². The number of amides is 2. The number of carbonyl (C=O) groups is 2. The van der Waals surface area contributed by atoms with Crippen molar-refractivity contribution >= 4 is 29.0 Å². The Bertz CT molecular complexity index is 1520. The molecular formula is C31H30FN3O3S. The van der Waals surface area contributed by atoms with Crippen molar-refractivity contribution in [2.75, 3.05) is 11.9 Å². The zero-order chi connectivity index (χ0) is 26.9. The molecule has 0 spiro atoms. The van der Waals surface area contributed by atoms with E-state index in [0.717, 1.165) is 41.1 Å². The van der Waals surface area contributed by atoms with Gasteiger partial charge in [-0.3, -0.25) is 4.79 Å². The third-order valence-corrected chi connectivity index (χ3v) is 8.80. The van der Waals surface area contributed by atoms with E-state index in [-0.39, 0.29) is 24.2 Å². The molecule has 2 aromatic carbocycles. The van der Waals surface area contributed by atoms with E-state index < -0.39 is 6.04 Å². The van der Waals surface area contributed by atoms with Gasteiger partial charge in [0.05, 0.1) is 31.3 Å². The molecule has 39 heavy (non-hydrogen) atoms. The van der Waals surface area contributed by atoms with Crippen molar-refractivity contribution in [3.8, 4) is 5.00 Å². The number of aryl methyl sites for hydroxylation is 1. The summed E-state index contributed by atoms with van der Waals surface area (Å²) in [6.45, 7) is 2.55. The SMILES string of the molecule is CCOC(=O)Cc1ccc(NC(=O)N2Cc3c(sc4c3CCCC4)-n3cccc3[C@H]2c2cccc(F)c2)cc1. The van der Waals surface area contributed by atoms with Crippen LogP contribution in [0.3, 0.4) is 0 Å². The number of ether oxygens (including phenoxy) is 1. The van der Waals surface area contributed by atoms with Gasteiger partial charge in [0.2, 0.25) is 0 Å². The molecule has 0 fully saturated rings. The Kier molecular flexibility index (Phi) is 6.95. The van der Waals surface area contributed by atoms with Gasteiger partial charge in [0.15, 0.2) is 0 Å². The van der Waals surface area contributed by atoms with E-state index in [1.807, 2.05) is 52.8 Å². The molecule has 1 atom stereocenters. The first-order valence-corrected chi connectivity index (χ1v) is 14.2. The lowest BCUT2D eigenvalue weighted by Crippen LogP contribution is -2.38. The predicted octanol–water partition coefficient (Wildman–Crippen LogP) is 6.80. The summed E-state index contributed by atoms with van der Waals surface area (Å²) in [6.07, 6.45) is 6.64. The van der Waals surface area contributed by atoms with E-state index in [4.69, 9.17) is 4.74 Å². The summed E-state index contributed by atoms with van der Waals surface area (Å²) in [4.78, 5) is 29.1. The monoisotopic (exact) mass is 543 g/mol. The number of hydrogen-bond donors (Lipinski definition) is 1. The third-order valence-electron chi connectivity index (χ3n) is 7.46. The number of carbonyl (C=O) groups excluding carboxylic acids is 2. The zero-order valence-electron chi connectivity index (χ0n) is 21.8. The van der Waals surface area contributed by atoms with Gasteiger partial charge < -0.3 is 19.5 Å². The van der Waals surface area contributed by atoms with E-state index >= 15 is 0 Å². The van der Waals surface area contributed by atoms with Crippen LogP contribution in [0.2, 0.25) is 0 Å². The standard InChI is InChI=1S/C31H30FN3O3S/c1-2-38-28(36)17-20-12-14-23(15-13-20)33-31(37)35-19-25-24-9-3-4-11-27(24)39-30(25)34-16-6-10-26(34)29(35)21-7-5-8-22(32)18-21/h5-8,10,12-16,18,29H,2-4,9,11,17,19H2,1H3,(H,33,37)/t29-/m1/s1. The number of nitrogens with one attached hydrogen (secondary N) is 1. The highest BCUT2D eigenvalue weighted by Crippen LogP contribution is 2.44. The molecule has 0 saturated heterocycles. The van der Waals surface area contributed by atoms with E-state index in [1.165, 1.54) is 34.6 Å². The van der Waals surface area contributed by atoms with Crippen LogP contribution in [-0.2, 0) is 35.3 Å². The summed E-state index contributed by atoms with van der Waals surface area (Å²) >= 11 is 1.82. The molecule has 0 bridgehead atoms. The van der Waals surface area contributed by atoms with Crippen LogP contribution in [0.25, 0.3) is 5.00 Å². The highest BCUT2D eigenvalue weighted by Gasteiger charge is 2.36. The van der Waals surface area contributed by atoms with Crippen LogP contribution in [0.1, 0.15) is 58.6 Å². The second kappa shape index (κ2) is 10.7. The molecule has 6 rings (SSSR count). The molecule has 200 valence electrons. The van der Waals surface area contributed by atoms with Gasteiger partial charge in [-0.25, -0.2) is 9.18 Å². The van der Waals surface area contributed by atoms with Gasteiger partial charge in [-0.05, 0) is 85.7 Å². The lowest BCUT2D eigenvalue weighted by Gasteiger charge is -2.31. The predicted molar refractivity (Wildman–Crippen MR) is 150 cm³/mol. The van der Waals surface area contributed by atoms with Crippen molar-refractivity contribution in [2.24, 2.45) is 0 Å². The van der Waals surface area contributed by atoms with Crippen molar-refractivity contribution in [2.45, 2.75) is 51.6 Å². The number of anilines is 1. The molecular weight excluding hydrogens is 513 g/mol. The fourth-order valence-corrected chi connectivity index (χ4v) is 7.10. The maximum absolute atomic E-state index is 14.4. The van der Waals surface area contributed by atoms with Crippen LogP contribution >= 0.6 is 11.3 Å². The average molecular weight is 544 g/mol. The number of hydrogen-bond acceptors (Lipinski definition) is 4. The summed E-state index contributed by atoms with van der Waals surface area (Å²) in [7, 11) is 0. The van der Waals surface area contributed by atoms with Crippen LogP contribution in [0.15, 0.2) is 66.9 Å². The first kappa shape index (κ1) is 25.4. The van der Waals surface area contributed by atoms with Crippen molar-refractivity contribution in [3.63, 3.8) is 0 Å². The fraction of sp³-hybridized carbons (Fsp3) is 0.290. The molecule has 0 unspecified atom stereocenters. The van der Waals surface area contributed by atoms with E-state index in [2.05, 4.69) is 9.88 Å². The quantitative estimate of drug-likeness (QED) is 0.282. The Hall–Kier alpha value is -3.91. The summed E-state index contributed by atoms with van der Waals surface area (Å²) < 4.78 is 21.7. The highest BCUT2D eigenvalue weighted by atomic mass is 32.1. The Morgan fingerprint density at radius 2 is 1.87 bits per heavy atom.